The Morgan fingerprint density at radius 2 is 1.89 bits per heavy atom. The molecule has 1 aromatic rings. The largest absolute Gasteiger partial charge is 0.415 e. The second-order valence-electron chi connectivity index (χ2n) is 4.13. The maximum atomic E-state index is 11.5. The first-order valence-electron chi connectivity index (χ1n) is 5.79. The van der Waals surface area contributed by atoms with Crippen molar-refractivity contribution in [3.63, 3.8) is 0 Å². The third kappa shape index (κ3) is 5.45. The lowest BCUT2D eigenvalue weighted by Gasteiger charge is -2.09. The highest BCUT2D eigenvalue weighted by Gasteiger charge is 2.11. The molecule has 0 spiro atoms. The van der Waals surface area contributed by atoms with Gasteiger partial charge >= 0.3 is 12.1 Å². The fourth-order valence-electron chi connectivity index (χ4n) is 1.34. The van der Waals surface area contributed by atoms with E-state index in [-0.39, 0.29) is 0 Å². The van der Waals surface area contributed by atoms with E-state index in [0.29, 0.717) is 12.1 Å². The minimum Gasteiger partial charge on any atom is -0.373 e. The second kappa shape index (κ2) is 7.45. The zero-order valence-corrected chi connectivity index (χ0v) is 10.7. The number of carbonyl (C=O) groups is 2. The Bertz CT molecular complexity index is 390. The van der Waals surface area contributed by atoms with Crippen LogP contribution in [-0.2, 0) is 4.74 Å². The molecule has 0 radical (unpaired) electrons. The molecule has 0 aliphatic heterocycles. The molecule has 18 heavy (non-hydrogen) atoms. The number of benzene rings is 1. The van der Waals surface area contributed by atoms with Gasteiger partial charge in [0.05, 0.1) is 5.56 Å². The van der Waals surface area contributed by atoms with E-state index in [1.165, 1.54) is 0 Å². The molecule has 1 N–H and O–H groups in total. The van der Waals surface area contributed by atoms with Crippen LogP contribution in [0.25, 0.3) is 0 Å². The molecule has 0 unspecified atom stereocenters. The highest BCUT2D eigenvalue weighted by Crippen LogP contribution is 2.00. The summed E-state index contributed by atoms with van der Waals surface area (Å²) in [5, 5.41) is 2.53. The number of nitrogens with zero attached hydrogens (tertiary/aromatic N) is 1. The number of rotatable bonds is 5. The number of alkyl carbamates (subject to hydrolysis) is 1. The summed E-state index contributed by atoms with van der Waals surface area (Å²) in [7, 11) is 3.91. The van der Waals surface area contributed by atoms with E-state index in [1.54, 1.807) is 30.3 Å². The van der Waals surface area contributed by atoms with Gasteiger partial charge in [0.1, 0.15) is 0 Å². The third-order valence-corrected chi connectivity index (χ3v) is 2.25. The van der Waals surface area contributed by atoms with Crippen LogP contribution in [0.4, 0.5) is 4.79 Å². The monoisotopic (exact) mass is 250 g/mol. The number of esters is 1. The number of ether oxygens (including phenoxy) is 1. The summed E-state index contributed by atoms with van der Waals surface area (Å²) in [6, 6.07) is 8.42. The van der Waals surface area contributed by atoms with Crippen molar-refractivity contribution in [3.8, 4) is 0 Å². The second-order valence-corrected chi connectivity index (χ2v) is 4.13. The molecule has 0 saturated carbocycles. The van der Waals surface area contributed by atoms with Gasteiger partial charge < -0.3 is 15.0 Å². The van der Waals surface area contributed by atoms with E-state index in [4.69, 9.17) is 0 Å². The Hall–Kier alpha value is -1.88. The Morgan fingerprint density at radius 3 is 2.50 bits per heavy atom. The highest BCUT2D eigenvalue weighted by atomic mass is 16.6. The van der Waals surface area contributed by atoms with Crippen LogP contribution in [0.2, 0.25) is 0 Å². The smallest absolute Gasteiger partial charge is 0.373 e. The number of hydrogen-bond acceptors (Lipinski definition) is 4. The maximum Gasteiger partial charge on any atom is 0.415 e. The maximum absolute atomic E-state index is 11.5. The number of amides is 1. The van der Waals surface area contributed by atoms with E-state index in [2.05, 4.69) is 10.1 Å². The van der Waals surface area contributed by atoms with Gasteiger partial charge in [-0.05, 0) is 39.2 Å². The lowest BCUT2D eigenvalue weighted by atomic mass is 10.2. The first-order chi connectivity index (χ1) is 8.59. The van der Waals surface area contributed by atoms with Gasteiger partial charge in [-0.15, -0.1) is 0 Å². The van der Waals surface area contributed by atoms with Crippen LogP contribution in [0.3, 0.4) is 0 Å². The number of nitrogens with one attached hydrogen (secondary N) is 1. The SMILES string of the molecule is CN(C)CCCNC(=O)OC(=O)c1ccccc1. The van der Waals surface area contributed by atoms with Crippen LogP contribution in [0.5, 0.6) is 0 Å². The van der Waals surface area contributed by atoms with Gasteiger partial charge in [0, 0.05) is 6.54 Å². The Morgan fingerprint density at radius 1 is 1.22 bits per heavy atom. The molecule has 1 rings (SSSR count). The van der Waals surface area contributed by atoms with Gasteiger partial charge in [0.2, 0.25) is 0 Å². The van der Waals surface area contributed by atoms with Crippen molar-refractivity contribution in [2.24, 2.45) is 0 Å². The zero-order chi connectivity index (χ0) is 13.4. The van der Waals surface area contributed by atoms with Crippen molar-refractivity contribution in [2.45, 2.75) is 6.42 Å². The first-order valence-corrected chi connectivity index (χ1v) is 5.79. The third-order valence-electron chi connectivity index (χ3n) is 2.25. The van der Waals surface area contributed by atoms with Crippen molar-refractivity contribution < 1.29 is 14.3 Å². The van der Waals surface area contributed by atoms with Gasteiger partial charge in [-0.1, -0.05) is 18.2 Å². The molecular formula is C13H18N2O3. The van der Waals surface area contributed by atoms with Crippen LogP contribution in [0.1, 0.15) is 16.8 Å². The number of carbonyl (C=O) groups excluding carboxylic acids is 2. The van der Waals surface area contributed by atoms with E-state index < -0.39 is 12.1 Å². The van der Waals surface area contributed by atoms with Crippen LogP contribution < -0.4 is 5.32 Å². The molecular weight excluding hydrogens is 232 g/mol. The predicted molar refractivity (Wildman–Crippen MR) is 68.4 cm³/mol. The molecule has 1 amide bonds. The molecule has 0 aliphatic rings. The molecule has 0 bridgehead atoms. The zero-order valence-electron chi connectivity index (χ0n) is 10.7. The standard InChI is InChI=1S/C13H18N2O3/c1-15(2)10-6-9-14-13(17)18-12(16)11-7-4-3-5-8-11/h3-5,7-8H,6,9-10H2,1-2H3,(H,14,17). The quantitative estimate of drug-likeness (QED) is 0.489. The molecule has 0 heterocycles. The Balaban J connectivity index is 2.26. The van der Waals surface area contributed by atoms with Crippen LogP contribution in [0.15, 0.2) is 30.3 Å². The molecule has 98 valence electrons. The summed E-state index contributed by atoms with van der Waals surface area (Å²) in [5.41, 5.74) is 0.362. The molecule has 0 atom stereocenters. The lowest BCUT2D eigenvalue weighted by molar-refractivity contribution is 0.0622. The fraction of sp³-hybridized carbons (Fsp3) is 0.385. The van der Waals surface area contributed by atoms with E-state index in [1.807, 2.05) is 19.0 Å². The topological polar surface area (TPSA) is 58.6 Å². The van der Waals surface area contributed by atoms with Crippen molar-refractivity contribution >= 4 is 12.1 Å². The highest BCUT2D eigenvalue weighted by molar-refractivity contribution is 5.96. The van der Waals surface area contributed by atoms with Gasteiger partial charge in [-0.3, -0.25) is 0 Å². The molecule has 0 fully saturated rings. The summed E-state index contributed by atoms with van der Waals surface area (Å²) >= 11 is 0. The van der Waals surface area contributed by atoms with Gasteiger partial charge in [0.25, 0.3) is 0 Å². The molecule has 0 aromatic heterocycles. The van der Waals surface area contributed by atoms with Crippen LogP contribution >= 0.6 is 0 Å². The van der Waals surface area contributed by atoms with Gasteiger partial charge in [0.15, 0.2) is 0 Å². The van der Waals surface area contributed by atoms with Crippen LogP contribution in [-0.4, -0.2) is 44.1 Å². The van der Waals surface area contributed by atoms with E-state index in [9.17, 15) is 9.59 Å². The minimum atomic E-state index is -0.706. The Labute approximate surface area is 107 Å². The van der Waals surface area contributed by atoms with Crippen molar-refractivity contribution in [1.82, 2.24) is 10.2 Å². The average Bonchev–Trinajstić information content (AvgIpc) is 2.35. The van der Waals surface area contributed by atoms with Gasteiger partial charge in [-0.25, -0.2) is 9.59 Å². The van der Waals surface area contributed by atoms with E-state index >= 15 is 0 Å². The summed E-state index contributed by atoms with van der Waals surface area (Å²) in [4.78, 5) is 24.8. The fourth-order valence-corrected chi connectivity index (χ4v) is 1.34. The van der Waals surface area contributed by atoms with Crippen molar-refractivity contribution in [2.75, 3.05) is 27.2 Å². The summed E-state index contributed by atoms with van der Waals surface area (Å²) in [5.74, 6) is -0.638. The molecule has 0 aliphatic carbocycles. The average molecular weight is 250 g/mol. The van der Waals surface area contributed by atoms with Crippen LogP contribution in [0, 0.1) is 0 Å². The van der Waals surface area contributed by atoms with Crippen molar-refractivity contribution in [1.29, 1.82) is 0 Å². The predicted octanol–water partition coefficient (Wildman–Crippen LogP) is 1.50. The Kier molecular flexibility index (Phi) is 5.87. The molecule has 5 nitrogen and oxygen atoms in total. The van der Waals surface area contributed by atoms with Crippen molar-refractivity contribution in [3.05, 3.63) is 35.9 Å². The molecule has 0 saturated heterocycles. The normalized spacial score (nSPS) is 10.2. The van der Waals surface area contributed by atoms with E-state index in [0.717, 1.165) is 13.0 Å². The lowest BCUT2D eigenvalue weighted by Crippen LogP contribution is -2.29. The molecule has 1 aromatic carbocycles. The summed E-state index contributed by atoms with van der Waals surface area (Å²) in [6.07, 6.45) is 0.101. The first kappa shape index (κ1) is 14.2. The van der Waals surface area contributed by atoms with Gasteiger partial charge in [-0.2, -0.15) is 0 Å². The number of hydrogen-bond donors (Lipinski definition) is 1. The minimum absolute atomic E-state index is 0.362. The molecule has 5 heteroatoms. The summed E-state index contributed by atoms with van der Waals surface area (Å²) < 4.78 is 4.64. The summed E-state index contributed by atoms with van der Waals surface area (Å²) in [6.45, 7) is 1.35.